The summed E-state index contributed by atoms with van der Waals surface area (Å²) in [5.41, 5.74) is 4.13. The zero-order valence-electron chi connectivity index (χ0n) is 13.3. The molecule has 1 aliphatic rings. The summed E-state index contributed by atoms with van der Waals surface area (Å²) < 4.78 is 11.5. The molecule has 23 heavy (non-hydrogen) atoms. The lowest BCUT2D eigenvalue weighted by Gasteiger charge is -2.14. The molecule has 0 spiro atoms. The van der Waals surface area contributed by atoms with Crippen molar-refractivity contribution in [1.29, 1.82) is 0 Å². The molecule has 0 unspecified atom stereocenters. The molecule has 1 aliphatic heterocycles. The first-order chi connectivity index (χ1) is 11.0. The molecule has 3 rings (SSSR count). The third-order valence-electron chi connectivity index (χ3n) is 4.09. The van der Waals surface area contributed by atoms with Crippen LogP contribution in [0.3, 0.4) is 0 Å². The van der Waals surface area contributed by atoms with Gasteiger partial charge in [-0.2, -0.15) is 0 Å². The van der Waals surface area contributed by atoms with E-state index in [4.69, 9.17) is 9.47 Å². The molecule has 2 aromatic carbocycles. The summed E-state index contributed by atoms with van der Waals surface area (Å²) in [5, 5.41) is 2.95. The first-order valence-corrected chi connectivity index (χ1v) is 8.14. The van der Waals surface area contributed by atoms with Gasteiger partial charge in [-0.25, -0.2) is 0 Å². The van der Waals surface area contributed by atoms with Gasteiger partial charge < -0.3 is 14.8 Å². The minimum atomic E-state index is -0.185. The van der Waals surface area contributed by atoms with Crippen LogP contribution in [0, 0.1) is 6.92 Å². The minimum absolute atomic E-state index is 0.0384. The van der Waals surface area contributed by atoms with Crippen molar-refractivity contribution >= 4 is 27.5 Å². The van der Waals surface area contributed by atoms with Crippen LogP contribution in [0.15, 0.2) is 34.8 Å². The van der Waals surface area contributed by atoms with Crippen LogP contribution in [-0.2, 0) is 11.2 Å². The number of carbonyl (C=O) groups is 1. The zero-order valence-corrected chi connectivity index (χ0v) is 14.9. The number of methoxy groups -OCH3 is 2. The van der Waals surface area contributed by atoms with Crippen molar-refractivity contribution < 1.29 is 14.3 Å². The van der Waals surface area contributed by atoms with Crippen molar-refractivity contribution in [2.75, 3.05) is 19.5 Å². The van der Waals surface area contributed by atoms with Gasteiger partial charge in [0, 0.05) is 5.69 Å². The molecule has 0 radical (unpaired) electrons. The summed E-state index contributed by atoms with van der Waals surface area (Å²) in [5.74, 6) is 1.16. The molecular formula is C18H18BrNO3. The number of aryl methyl sites for hydroxylation is 1. The highest BCUT2D eigenvalue weighted by atomic mass is 79.9. The van der Waals surface area contributed by atoms with Crippen molar-refractivity contribution in [2.24, 2.45) is 0 Å². The quantitative estimate of drug-likeness (QED) is 0.876. The van der Waals surface area contributed by atoms with Crippen molar-refractivity contribution in [3.8, 4) is 11.5 Å². The van der Waals surface area contributed by atoms with Crippen molar-refractivity contribution in [3.05, 3.63) is 51.5 Å². The molecule has 4 nitrogen and oxygen atoms in total. The number of benzene rings is 2. The highest BCUT2D eigenvalue weighted by Gasteiger charge is 2.31. The molecule has 0 bridgehead atoms. The number of halogens is 1. The molecule has 1 amide bonds. The summed E-state index contributed by atoms with van der Waals surface area (Å²) in [6.45, 7) is 2.03. The highest BCUT2D eigenvalue weighted by molar-refractivity contribution is 9.10. The molecule has 0 saturated carbocycles. The largest absolute Gasteiger partial charge is 0.493 e. The normalized spacial score (nSPS) is 16.0. The van der Waals surface area contributed by atoms with Gasteiger partial charge in [0.25, 0.3) is 0 Å². The molecule has 5 heteroatoms. The smallest absolute Gasteiger partial charge is 0.232 e. The summed E-state index contributed by atoms with van der Waals surface area (Å²) in [6.07, 6.45) is 0.612. The van der Waals surface area contributed by atoms with E-state index in [1.807, 2.05) is 31.2 Å². The van der Waals surface area contributed by atoms with Crippen LogP contribution in [-0.4, -0.2) is 20.1 Å². The van der Waals surface area contributed by atoms with Crippen molar-refractivity contribution in [1.82, 2.24) is 0 Å². The van der Waals surface area contributed by atoms with Crippen LogP contribution in [0.25, 0.3) is 0 Å². The van der Waals surface area contributed by atoms with Crippen LogP contribution in [0.2, 0.25) is 0 Å². The fourth-order valence-corrected chi connectivity index (χ4v) is 3.62. The van der Waals surface area contributed by atoms with E-state index in [0.717, 1.165) is 26.9 Å². The van der Waals surface area contributed by atoms with Crippen molar-refractivity contribution in [3.63, 3.8) is 0 Å². The van der Waals surface area contributed by atoms with Crippen LogP contribution in [0.1, 0.15) is 22.6 Å². The van der Waals surface area contributed by atoms with Gasteiger partial charge in [0.15, 0.2) is 11.5 Å². The average molecular weight is 376 g/mol. The Labute approximate surface area is 143 Å². The summed E-state index contributed by atoms with van der Waals surface area (Å²) in [6, 6.07) is 9.95. The summed E-state index contributed by atoms with van der Waals surface area (Å²) >= 11 is 3.50. The minimum Gasteiger partial charge on any atom is -0.493 e. The van der Waals surface area contributed by atoms with Crippen LogP contribution >= 0.6 is 15.9 Å². The molecule has 0 fully saturated rings. The number of fused-ring (bicyclic) bond motifs is 1. The molecular weight excluding hydrogens is 358 g/mol. The Bertz CT molecular complexity index is 773. The Morgan fingerprint density at radius 3 is 2.65 bits per heavy atom. The lowest BCUT2D eigenvalue weighted by Crippen LogP contribution is -2.14. The Kier molecular flexibility index (Phi) is 4.31. The van der Waals surface area contributed by atoms with Gasteiger partial charge in [-0.3, -0.25) is 4.79 Å². The predicted molar refractivity (Wildman–Crippen MR) is 93.5 cm³/mol. The van der Waals surface area contributed by atoms with Gasteiger partial charge in [0.2, 0.25) is 5.91 Å². The van der Waals surface area contributed by atoms with Gasteiger partial charge in [0.05, 0.1) is 24.6 Å². The number of nitrogens with one attached hydrogen (secondary N) is 1. The average Bonchev–Trinajstić information content (AvgIpc) is 2.82. The molecule has 0 aliphatic carbocycles. The Hall–Kier alpha value is -2.01. The second kappa shape index (κ2) is 6.24. The van der Waals surface area contributed by atoms with Gasteiger partial charge >= 0.3 is 0 Å². The fraction of sp³-hybridized carbons (Fsp3) is 0.278. The maximum Gasteiger partial charge on any atom is 0.232 e. The second-order valence-corrected chi connectivity index (χ2v) is 6.50. The lowest BCUT2D eigenvalue weighted by molar-refractivity contribution is -0.117. The molecule has 1 N–H and O–H groups in total. The third-order valence-corrected chi connectivity index (χ3v) is 4.68. The Morgan fingerprint density at radius 2 is 1.96 bits per heavy atom. The predicted octanol–water partition coefficient (Wildman–Crippen LogP) is 4.05. The van der Waals surface area contributed by atoms with E-state index in [1.54, 1.807) is 14.2 Å². The van der Waals surface area contributed by atoms with Crippen LogP contribution in [0.5, 0.6) is 11.5 Å². The van der Waals surface area contributed by atoms with E-state index in [1.165, 1.54) is 0 Å². The standard InChI is InChI=1S/C18H18BrNO3/c1-10-4-5-15-12(6-10)13(18(21)20-15)7-11-8-14(19)17(23-3)16(9-11)22-2/h4-6,8-9,13H,7H2,1-3H3,(H,20,21)/t13-/m0/s1. The van der Waals surface area contributed by atoms with E-state index in [0.29, 0.717) is 17.9 Å². The molecule has 1 heterocycles. The summed E-state index contributed by atoms with van der Waals surface area (Å²) in [4.78, 5) is 12.3. The van der Waals surface area contributed by atoms with E-state index < -0.39 is 0 Å². The van der Waals surface area contributed by atoms with E-state index in [9.17, 15) is 4.79 Å². The number of anilines is 1. The van der Waals surface area contributed by atoms with E-state index >= 15 is 0 Å². The first-order valence-electron chi connectivity index (χ1n) is 7.35. The highest BCUT2D eigenvalue weighted by Crippen LogP contribution is 2.40. The maximum atomic E-state index is 12.3. The first kappa shape index (κ1) is 15.9. The van der Waals surface area contributed by atoms with E-state index in [2.05, 4.69) is 27.3 Å². The van der Waals surface area contributed by atoms with Gasteiger partial charge in [-0.15, -0.1) is 0 Å². The lowest BCUT2D eigenvalue weighted by atomic mass is 9.92. The number of hydrogen-bond donors (Lipinski definition) is 1. The molecule has 1 atom stereocenters. The number of ether oxygens (including phenoxy) is 2. The summed E-state index contributed by atoms with van der Waals surface area (Å²) in [7, 11) is 3.21. The number of carbonyl (C=O) groups excluding carboxylic acids is 1. The van der Waals surface area contributed by atoms with Gasteiger partial charge in [-0.05, 0) is 58.6 Å². The number of hydrogen-bond acceptors (Lipinski definition) is 3. The molecule has 120 valence electrons. The van der Waals surface area contributed by atoms with Gasteiger partial charge in [-0.1, -0.05) is 17.7 Å². The Balaban J connectivity index is 1.96. The number of rotatable bonds is 4. The SMILES string of the molecule is COc1cc(C[C@@H]2C(=O)Nc3ccc(C)cc32)cc(Br)c1OC. The zero-order chi connectivity index (χ0) is 16.6. The van der Waals surface area contributed by atoms with Gasteiger partial charge in [0.1, 0.15) is 0 Å². The second-order valence-electron chi connectivity index (χ2n) is 5.65. The third kappa shape index (κ3) is 2.93. The Morgan fingerprint density at radius 1 is 1.17 bits per heavy atom. The molecule has 0 saturated heterocycles. The van der Waals surface area contributed by atoms with Crippen LogP contribution in [0.4, 0.5) is 5.69 Å². The number of amides is 1. The van der Waals surface area contributed by atoms with Crippen LogP contribution < -0.4 is 14.8 Å². The maximum absolute atomic E-state index is 12.3. The molecule has 0 aromatic heterocycles. The molecule has 2 aromatic rings. The van der Waals surface area contributed by atoms with Crippen molar-refractivity contribution in [2.45, 2.75) is 19.3 Å². The topological polar surface area (TPSA) is 47.6 Å². The fourth-order valence-electron chi connectivity index (χ4n) is 2.97. The monoisotopic (exact) mass is 375 g/mol. The van der Waals surface area contributed by atoms with E-state index in [-0.39, 0.29) is 11.8 Å².